The largest absolute Gasteiger partial charge is 0.384 e. The maximum absolute atomic E-state index is 11.6. The summed E-state index contributed by atoms with van der Waals surface area (Å²) >= 11 is 0. The molecule has 0 bridgehead atoms. The van der Waals surface area contributed by atoms with E-state index in [4.69, 9.17) is 0 Å². The molecule has 0 unspecified atom stereocenters. The molecule has 0 saturated carbocycles. The number of benzene rings is 1. The standard InChI is InChI=1S/C14H16N2O2S/c1-19(17,18)14-8-3-2-7-13(14)16-11-9-12-6-4-5-10-15-12/h2-8,10,16H,9,11H2,1H3. The summed E-state index contributed by atoms with van der Waals surface area (Å²) in [5.41, 5.74) is 1.62. The summed E-state index contributed by atoms with van der Waals surface area (Å²) in [6.07, 6.45) is 3.71. The maximum atomic E-state index is 11.6. The second-order valence-corrected chi connectivity index (χ2v) is 6.25. The summed E-state index contributed by atoms with van der Waals surface area (Å²) in [6, 6.07) is 12.7. The van der Waals surface area contributed by atoms with Crippen LogP contribution in [0.4, 0.5) is 5.69 Å². The van der Waals surface area contributed by atoms with E-state index in [0.717, 1.165) is 12.1 Å². The smallest absolute Gasteiger partial charge is 0.177 e. The Kier molecular flexibility index (Phi) is 4.16. The average Bonchev–Trinajstić information content (AvgIpc) is 2.39. The molecule has 0 aliphatic rings. The minimum absolute atomic E-state index is 0.330. The van der Waals surface area contributed by atoms with Gasteiger partial charge in [-0.1, -0.05) is 18.2 Å². The Morgan fingerprint density at radius 3 is 2.53 bits per heavy atom. The first-order valence-electron chi connectivity index (χ1n) is 6.00. The molecule has 1 N–H and O–H groups in total. The zero-order valence-corrected chi connectivity index (χ0v) is 11.5. The van der Waals surface area contributed by atoms with E-state index < -0.39 is 9.84 Å². The maximum Gasteiger partial charge on any atom is 0.177 e. The van der Waals surface area contributed by atoms with Crippen LogP contribution in [0, 0.1) is 0 Å². The molecule has 0 radical (unpaired) electrons. The van der Waals surface area contributed by atoms with Gasteiger partial charge in [0.05, 0.1) is 10.6 Å². The van der Waals surface area contributed by atoms with Crippen LogP contribution in [0.5, 0.6) is 0 Å². The molecule has 4 nitrogen and oxygen atoms in total. The fraction of sp³-hybridized carbons (Fsp3) is 0.214. The Balaban J connectivity index is 2.05. The molecule has 1 heterocycles. The van der Waals surface area contributed by atoms with Gasteiger partial charge in [0.2, 0.25) is 0 Å². The quantitative estimate of drug-likeness (QED) is 0.909. The van der Waals surface area contributed by atoms with Crippen LogP contribution in [0.15, 0.2) is 53.6 Å². The van der Waals surface area contributed by atoms with Crippen LogP contribution in [-0.4, -0.2) is 26.2 Å². The first kappa shape index (κ1) is 13.5. The number of nitrogens with zero attached hydrogens (tertiary/aromatic N) is 1. The van der Waals surface area contributed by atoms with E-state index in [1.54, 1.807) is 24.4 Å². The number of rotatable bonds is 5. The van der Waals surface area contributed by atoms with Crippen LogP contribution in [-0.2, 0) is 16.3 Å². The molecule has 1 aromatic carbocycles. The van der Waals surface area contributed by atoms with Gasteiger partial charge in [0.1, 0.15) is 0 Å². The number of hydrogen-bond acceptors (Lipinski definition) is 4. The van der Waals surface area contributed by atoms with Gasteiger partial charge in [0.15, 0.2) is 9.84 Å². The van der Waals surface area contributed by atoms with Crippen molar-refractivity contribution in [1.29, 1.82) is 0 Å². The van der Waals surface area contributed by atoms with Crippen molar-refractivity contribution < 1.29 is 8.42 Å². The molecule has 0 spiro atoms. The van der Waals surface area contributed by atoms with Crippen LogP contribution in [0.3, 0.4) is 0 Å². The second-order valence-electron chi connectivity index (χ2n) is 4.27. The topological polar surface area (TPSA) is 59.1 Å². The Morgan fingerprint density at radius 2 is 1.84 bits per heavy atom. The summed E-state index contributed by atoms with van der Waals surface area (Å²) in [6.45, 7) is 0.642. The van der Waals surface area contributed by atoms with Crippen LogP contribution < -0.4 is 5.32 Å². The van der Waals surface area contributed by atoms with Crippen LogP contribution >= 0.6 is 0 Å². The lowest BCUT2D eigenvalue weighted by molar-refractivity contribution is 0.602. The van der Waals surface area contributed by atoms with Crippen molar-refractivity contribution in [2.24, 2.45) is 0 Å². The molecule has 5 heteroatoms. The summed E-state index contributed by atoms with van der Waals surface area (Å²) in [4.78, 5) is 4.55. The van der Waals surface area contributed by atoms with Crippen molar-refractivity contribution >= 4 is 15.5 Å². The van der Waals surface area contributed by atoms with E-state index in [1.807, 2.05) is 24.3 Å². The summed E-state index contributed by atoms with van der Waals surface area (Å²) in [7, 11) is -3.21. The van der Waals surface area contributed by atoms with E-state index >= 15 is 0 Å². The molecule has 0 fully saturated rings. The number of aromatic nitrogens is 1. The number of para-hydroxylation sites is 1. The number of nitrogens with one attached hydrogen (secondary N) is 1. The van der Waals surface area contributed by atoms with Crippen molar-refractivity contribution in [2.45, 2.75) is 11.3 Å². The lowest BCUT2D eigenvalue weighted by Crippen LogP contribution is -2.09. The molecule has 2 aromatic rings. The van der Waals surface area contributed by atoms with Crippen molar-refractivity contribution in [3.63, 3.8) is 0 Å². The van der Waals surface area contributed by atoms with Gasteiger partial charge in [-0.25, -0.2) is 8.42 Å². The van der Waals surface area contributed by atoms with Gasteiger partial charge in [-0.2, -0.15) is 0 Å². The van der Waals surface area contributed by atoms with E-state index in [-0.39, 0.29) is 0 Å². The van der Waals surface area contributed by atoms with E-state index in [0.29, 0.717) is 17.1 Å². The number of anilines is 1. The zero-order chi connectivity index (χ0) is 13.7. The summed E-state index contributed by atoms with van der Waals surface area (Å²) in [5.74, 6) is 0. The van der Waals surface area contributed by atoms with Crippen LogP contribution in [0.2, 0.25) is 0 Å². The molecular formula is C14H16N2O2S. The third-order valence-corrected chi connectivity index (χ3v) is 3.86. The molecule has 2 rings (SSSR count). The van der Waals surface area contributed by atoms with Crippen molar-refractivity contribution in [1.82, 2.24) is 4.98 Å². The molecule has 0 amide bonds. The highest BCUT2D eigenvalue weighted by Gasteiger charge is 2.11. The second kappa shape index (κ2) is 5.84. The first-order chi connectivity index (χ1) is 9.07. The highest BCUT2D eigenvalue weighted by Crippen LogP contribution is 2.20. The highest BCUT2D eigenvalue weighted by atomic mass is 32.2. The number of sulfone groups is 1. The zero-order valence-electron chi connectivity index (χ0n) is 10.7. The first-order valence-corrected chi connectivity index (χ1v) is 7.89. The fourth-order valence-corrected chi connectivity index (χ4v) is 2.67. The summed E-state index contributed by atoms with van der Waals surface area (Å²) in [5, 5.41) is 3.15. The van der Waals surface area contributed by atoms with Gasteiger partial charge in [0, 0.05) is 31.1 Å². The van der Waals surface area contributed by atoms with E-state index in [9.17, 15) is 8.42 Å². The molecule has 100 valence electrons. The molecule has 0 aliphatic heterocycles. The average molecular weight is 276 g/mol. The normalized spacial score (nSPS) is 11.2. The fourth-order valence-electron chi connectivity index (χ4n) is 1.81. The molecule has 19 heavy (non-hydrogen) atoms. The third-order valence-electron chi connectivity index (χ3n) is 2.71. The van der Waals surface area contributed by atoms with Gasteiger partial charge in [-0.15, -0.1) is 0 Å². The Labute approximate surface area is 113 Å². The van der Waals surface area contributed by atoms with E-state index in [1.165, 1.54) is 6.26 Å². The Morgan fingerprint density at radius 1 is 1.11 bits per heavy atom. The Hall–Kier alpha value is -1.88. The number of pyridine rings is 1. The Bertz CT molecular complexity index is 640. The molecular weight excluding hydrogens is 260 g/mol. The molecule has 0 saturated heterocycles. The SMILES string of the molecule is CS(=O)(=O)c1ccccc1NCCc1ccccn1. The minimum atomic E-state index is -3.21. The minimum Gasteiger partial charge on any atom is -0.384 e. The van der Waals surface area contributed by atoms with Gasteiger partial charge in [0.25, 0.3) is 0 Å². The predicted molar refractivity (Wildman–Crippen MR) is 76.0 cm³/mol. The lowest BCUT2D eigenvalue weighted by atomic mass is 10.2. The lowest BCUT2D eigenvalue weighted by Gasteiger charge is -2.10. The van der Waals surface area contributed by atoms with Crippen molar-refractivity contribution in [3.05, 3.63) is 54.4 Å². The third kappa shape index (κ3) is 3.79. The predicted octanol–water partition coefficient (Wildman–Crippen LogP) is 2.14. The van der Waals surface area contributed by atoms with Crippen LogP contribution in [0.1, 0.15) is 5.69 Å². The molecule has 0 aliphatic carbocycles. The molecule has 1 aromatic heterocycles. The van der Waals surface area contributed by atoms with Gasteiger partial charge >= 0.3 is 0 Å². The summed E-state index contributed by atoms with van der Waals surface area (Å²) < 4.78 is 23.3. The molecule has 0 atom stereocenters. The highest BCUT2D eigenvalue weighted by molar-refractivity contribution is 7.90. The van der Waals surface area contributed by atoms with Crippen molar-refractivity contribution in [3.8, 4) is 0 Å². The van der Waals surface area contributed by atoms with Crippen molar-refractivity contribution in [2.75, 3.05) is 18.1 Å². The number of hydrogen-bond donors (Lipinski definition) is 1. The monoisotopic (exact) mass is 276 g/mol. The van der Waals surface area contributed by atoms with Gasteiger partial charge < -0.3 is 5.32 Å². The van der Waals surface area contributed by atoms with Crippen LogP contribution in [0.25, 0.3) is 0 Å². The van der Waals surface area contributed by atoms with E-state index in [2.05, 4.69) is 10.3 Å². The van der Waals surface area contributed by atoms with Gasteiger partial charge in [-0.3, -0.25) is 4.98 Å². The van der Waals surface area contributed by atoms with Gasteiger partial charge in [-0.05, 0) is 24.3 Å².